The molecule has 0 aromatic rings. The van der Waals surface area contributed by atoms with Crippen molar-refractivity contribution in [3.05, 3.63) is 0 Å². The van der Waals surface area contributed by atoms with Gasteiger partial charge in [0.1, 0.15) is 0 Å². The fourth-order valence-corrected chi connectivity index (χ4v) is 2.78. The van der Waals surface area contributed by atoms with Gasteiger partial charge < -0.3 is 16.0 Å². The molecular weight excluding hydrogens is 226 g/mol. The molecule has 106 valence electrons. The molecule has 0 aromatic carbocycles. The van der Waals surface area contributed by atoms with Crippen molar-refractivity contribution in [2.75, 3.05) is 33.7 Å². The molecule has 0 saturated heterocycles. The van der Waals surface area contributed by atoms with E-state index in [9.17, 15) is 4.79 Å². The minimum Gasteiger partial charge on any atom is -0.356 e. The number of hydrogen-bond donors (Lipinski definition) is 2. The first-order valence-corrected chi connectivity index (χ1v) is 6.90. The Morgan fingerprint density at radius 1 is 1.39 bits per heavy atom. The van der Waals surface area contributed by atoms with Crippen molar-refractivity contribution in [1.29, 1.82) is 0 Å². The highest BCUT2D eigenvalue weighted by Crippen LogP contribution is 2.42. The number of hydrogen-bond acceptors (Lipinski definition) is 3. The van der Waals surface area contributed by atoms with E-state index in [-0.39, 0.29) is 16.7 Å². The lowest BCUT2D eigenvalue weighted by Gasteiger charge is -2.40. The van der Waals surface area contributed by atoms with Gasteiger partial charge in [0.2, 0.25) is 5.91 Å². The third-order valence-corrected chi connectivity index (χ3v) is 3.89. The van der Waals surface area contributed by atoms with E-state index in [1.807, 2.05) is 0 Å². The molecule has 0 atom stereocenters. The maximum absolute atomic E-state index is 12.0. The third-order valence-electron chi connectivity index (χ3n) is 3.89. The second-order valence-electron chi connectivity index (χ2n) is 6.91. The lowest BCUT2D eigenvalue weighted by atomic mass is 9.66. The van der Waals surface area contributed by atoms with E-state index in [2.05, 4.69) is 38.2 Å². The summed E-state index contributed by atoms with van der Waals surface area (Å²) in [5.41, 5.74) is 5.99. The molecule has 0 aliphatic heterocycles. The summed E-state index contributed by atoms with van der Waals surface area (Å²) in [5, 5.41) is 3.07. The second-order valence-corrected chi connectivity index (χ2v) is 6.91. The molecule has 1 aliphatic carbocycles. The fraction of sp³-hybridized carbons (Fsp3) is 0.929. The molecular formula is C14H29N3O. The van der Waals surface area contributed by atoms with Crippen LogP contribution in [0.5, 0.6) is 0 Å². The summed E-state index contributed by atoms with van der Waals surface area (Å²) in [6.07, 6.45) is 4.04. The van der Waals surface area contributed by atoms with Gasteiger partial charge in [-0.05, 0) is 44.3 Å². The molecule has 1 saturated carbocycles. The number of carbonyl (C=O) groups excluding carboxylic acids is 1. The Hall–Kier alpha value is -0.610. The molecule has 3 N–H and O–H groups in total. The fourth-order valence-electron chi connectivity index (χ4n) is 2.78. The van der Waals surface area contributed by atoms with Crippen molar-refractivity contribution >= 4 is 5.91 Å². The van der Waals surface area contributed by atoms with E-state index in [1.165, 1.54) is 6.42 Å². The van der Waals surface area contributed by atoms with Crippen LogP contribution in [0.4, 0.5) is 0 Å². The minimum absolute atomic E-state index is 0.106. The Morgan fingerprint density at radius 3 is 2.39 bits per heavy atom. The molecule has 0 radical (unpaired) electrons. The number of nitrogens with two attached hydrogens (primary N) is 1. The Labute approximate surface area is 111 Å². The quantitative estimate of drug-likeness (QED) is 0.719. The molecule has 1 aliphatic rings. The lowest BCUT2D eigenvalue weighted by Crippen LogP contribution is -2.45. The zero-order valence-corrected chi connectivity index (χ0v) is 12.4. The molecule has 4 nitrogen and oxygen atoms in total. The van der Waals surface area contributed by atoms with Gasteiger partial charge in [-0.3, -0.25) is 4.79 Å². The summed E-state index contributed by atoms with van der Waals surface area (Å²) in [6.45, 7) is 6.69. The molecule has 1 fully saturated rings. The van der Waals surface area contributed by atoms with E-state index < -0.39 is 0 Å². The number of carbonyl (C=O) groups is 1. The summed E-state index contributed by atoms with van der Waals surface area (Å²) < 4.78 is 0. The molecule has 0 heterocycles. The lowest BCUT2D eigenvalue weighted by molar-refractivity contribution is -0.125. The van der Waals surface area contributed by atoms with Gasteiger partial charge in [-0.15, -0.1) is 0 Å². The van der Waals surface area contributed by atoms with Crippen molar-refractivity contribution in [1.82, 2.24) is 10.2 Å². The molecule has 1 rings (SSSR count). The van der Waals surface area contributed by atoms with E-state index >= 15 is 0 Å². The van der Waals surface area contributed by atoms with Crippen LogP contribution >= 0.6 is 0 Å². The molecule has 0 spiro atoms. The minimum atomic E-state index is 0.106. The van der Waals surface area contributed by atoms with E-state index in [1.54, 1.807) is 0 Å². The molecule has 0 aromatic heterocycles. The first-order valence-electron chi connectivity index (χ1n) is 6.90. The monoisotopic (exact) mass is 255 g/mol. The first-order chi connectivity index (χ1) is 8.29. The predicted molar refractivity (Wildman–Crippen MR) is 75.3 cm³/mol. The van der Waals surface area contributed by atoms with Crippen LogP contribution in [-0.2, 0) is 4.79 Å². The topological polar surface area (TPSA) is 58.4 Å². The second kappa shape index (κ2) is 6.02. The highest BCUT2D eigenvalue weighted by atomic mass is 16.1. The standard InChI is InChI=1S/C14H29N3O/c1-13(2,11-17(3)4)10-16-12(18)8-14(9-15)6-5-7-14/h5-11,15H2,1-4H3,(H,16,18). The van der Waals surface area contributed by atoms with Gasteiger partial charge in [-0.1, -0.05) is 20.3 Å². The van der Waals surface area contributed by atoms with Crippen molar-refractivity contribution < 1.29 is 4.79 Å². The average Bonchev–Trinajstić information content (AvgIpc) is 2.19. The van der Waals surface area contributed by atoms with E-state index in [0.717, 1.165) is 25.9 Å². The number of nitrogens with one attached hydrogen (secondary N) is 1. The highest BCUT2D eigenvalue weighted by Gasteiger charge is 2.37. The van der Waals surface area contributed by atoms with Crippen LogP contribution in [0.1, 0.15) is 39.5 Å². The van der Waals surface area contributed by atoms with Gasteiger partial charge in [0.25, 0.3) is 0 Å². The van der Waals surface area contributed by atoms with Crippen LogP contribution in [0, 0.1) is 10.8 Å². The molecule has 4 heteroatoms. The summed E-state index contributed by atoms with van der Waals surface area (Å²) in [4.78, 5) is 14.1. The van der Waals surface area contributed by atoms with Gasteiger partial charge in [0, 0.05) is 19.5 Å². The van der Waals surface area contributed by atoms with Crippen LogP contribution in [0.25, 0.3) is 0 Å². The maximum Gasteiger partial charge on any atom is 0.220 e. The number of amides is 1. The van der Waals surface area contributed by atoms with Crippen LogP contribution in [0.3, 0.4) is 0 Å². The highest BCUT2D eigenvalue weighted by molar-refractivity contribution is 5.76. The van der Waals surface area contributed by atoms with Crippen LogP contribution in [0.15, 0.2) is 0 Å². The smallest absolute Gasteiger partial charge is 0.220 e. The van der Waals surface area contributed by atoms with Crippen LogP contribution in [-0.4, -0.2) is 44.5 Å². The summed E-state index contributed by atoms with van der Waals surface area (Å²) in [5.74, 6) is 0.159. The molecule has 0 bridgehead atoms. The van der Waals surface area contributed by atoms with Gasteiger partial charge >= 0.3 is 0 Å². The molecule has 18 heavy (non-hydrogen) atoms. The summed E-state index contributed by atoms with van der Waals surface area (Å²) in [6, 6.07) is 0. The summed E-state index contributed by atoms with van der Waals surface area (Å²) >= 11 is 0. The Balaban J connectivity index is 2.32. The number of nitrogens with zero attached hydrogens (tertiary/aromatic N) is 1. The zero-order chi connectivity index (χ0) is 13.8. The SMILES string of the molecule is CN(C)CC(C)(C)CNC(=O)CC1(CN)CCC1. The normalized spacial score (nSPS) is 18.6. The Morgan fingerprint density at radius 2 is 2.00 bits per heavy atom. The number of rotatable bonds is 7. The van der Waals surface area contributed by atoms with E-state index in [4.69, 9.17) is 5.73 Å². The molecule has 0 unspecified atom stereocenters. The van der Waals surface area contributed by atoms with Crippen molar-refractivity contribution in [2.45, 2.75) is 39.5 Å². The van der Waals surface area contributed by atoms with Crippen LogP contribution in [0.2, 0.25) is 0 Å². The molecule has 1 amide bonds. The Kier molecular flexibility index (Phi) is 5.17. The predicted octanol–water partition coefficient (Wildman–Crippen LogP) is 1.21. The first kappa shape index (κ1) is 15.4. The third kappa shape index (κ3) is 4.58. The average molecular weight is 255 g/mol. The van der Waals surface area contributed by atoms with Crippen molar-refractivity contribution in [2.24, 2.45) is 16.6 Å². The maximum atomic E-state index is 12.0. The van der Waals surface area contributed by atoms with E-state index in [0.29, 0.717) is 13.0 Å². The largest absolute Gasteiger partial charge is 0.356 e. The van der Waals surface area contributed by atoms with Crippen LogP contribution < -0.4 is 11.1 Å². The van der Waals surface area contributed by atoms with Gasteiger partial charge in [0.15, 0.2) is 0 Å². The summed E-state index contributed by atoms with van der Waals surface area (Å²) in [7, 11) is 4.11. The van der Waals surface area contributed by atoms with Gasteiger partial charge in [-0.25, -0.2) is 0 Å². The van der Waals surface area contributed by atoms with Crippen molar-refractivity contribution in [3.63, 3.8) is 0 Å². The zero-order valence-electron chi connectivity index (χ0n) is 12.4. The van der Waals surface area contributed by atoms with Gasteiger partial charge in [0.05, 0.1) is 0 Å². The van der Waals surface area contributed by atoms with Gasteiger partial charge in [-0.2, -0.15) is 0 Å². The Bertz CT molecular complexity index is 277. The van der Waals surface area contributed by atoms with Crippen molar-refractivity contribution in [3.8, 4) is 0 Å².